The normalized spacial score (nSPS) is 10.6. The minimum atomic E-state index is -0.0961. The molecule has 1 N–H and O–H groups in total. The van der Waals surface area contributed by atoms with Crippen LogP contribution in [0.2, 0.25) is 0 Å². The van der Waals surface area contributed by atoms with E-state index in [4.69, 9.17) is 9.47 Å². The van der Waals surface area contributed by atoms with Gasteiger partial charge in [0.2, 0.25) is 0 Å². The number of hydrogen-bond donors (Lipinski definition) is 1. The summed E-state index contributed by atoms with van der Waals surface area (Å²) in [4.78, 5) is 11.8. The summed E-state index contributed by atoms with van der Waals surface area (Å²) in [5.41, 5.74) is 2.40. The van der Waals surface area contributed by atoms with Gasteiger partial charge >= 0.3 is 0 Å². The number of carbonyl (C=O) groups excluding carboxylic acids is 1. The van der Waals surface area contributed by atoms with E-state index in [0.29, 0.717) is 12.3 Å². The fraction of sp³-hybridized carbons (Fsp3) is 0.381. The van der Waals surface area contributed by atoms with Crippen LogP contribution in [0.5, 0.6) is 11.5 Å². The number of ether oxygens (including phenoxy) is 2. The topological polar surface area (TPSA) is 47.6 Å². The molecular weight excluding hydrogens is 314 g/mol. The number of carbonyl (C=O) groups is 1. The Hall–Kier alpha value is -2.49. The predicted octanol–water partition coefficient (Wildman–Crippen LogP) is 3.91. The number of amides is 1. The van der Waals surface area contributed by atoms with Crippen molar-refractivity contribution in [2.24, 2.45) is 0 Å². The van der Waals surface area contributed by atoms with Gasteiger partial charge < -0.3 is 14.8 Å². The van der Waals surface area contributed by atoms with Gasteiger partial charge in [0.1, 0.15) is 11.5 Å². The first-order valence-electron chi connectivity index (χ1n) is 8.74. The Morgan fingerprint density at radius 3 is 2.28 bits per heavy atom. The summed E-state index contributed by atoms with van der Waals surface area (Å²) in [6.07, 6.45) is 1.99. The van der Waals surface area contributed by atoms with Crippen molar-refractivity contribution in [1.82, 2.24) is 5.32 Å². The van der Waals surface area contributed by atoms with Gasteiger partial charge in [0.15, 0.2) is 6.61 Å². The van der Waals surface area contributed by atoms with Crippen LogP contribution in [-0.2, 0) is 11.2 Å². The molecule has 0 heterocycles. The van der Waals surface area contributed by atoms with Gasteiger partial charge in [0.25, 0.3) is 5.91 Å². The van der Waals surface area contributed by atoms with E-state index >= 15 is 0 Å². The number of benzene rings is 2. The van der Waals surface area contributed by atoms with Crippen molar-refractivity contribution >= 4 is 5.91 Å². The summed E-state index contributed by atoms with van der Waals surface area (Å²) in [6, 6.07) is 15.8. The molecule has 0 aliphatic rings. The van der Waals surface area contributed by atoms with E-state index in [1.807, 2.05) is 57.2 Å². The highest BCUT2D eigenvalue weighted by Gasteiger charge is 2.03. The number of aryl methyl sites for hydroxylation is 2. The fourth-order valence-electron chi connectivity index (χ4n) is 2.36. The quantitative estimate of drug-likeness (QED) is 0.704. The molecule has 2 aromatic carbocycles. The molecule has 0 spiro atoms. The summed E-state index contributed by atoms with van der Waals surface area (Å²) < 4.78 is 11.1. The molecule has 134 valence electrons. The first kappa shape index (κ1) is 18.8. The van der Waals surface area contributed by atoms with E-state index in [0.717, 1.165) is 18.6 Å². The predicted molar refractivity (Wildman–Crippen MR) is 100 cm³/mol. The van der Waals surface area contributed by atoms with E-state index < -0.39 is 0 Å². The van der Waals surface area contributed by atoms with E-state index in [1.54, 1.807) is 0 Å². The highest BCUT2D eigenvalue weighted by atomic mass is 16.5. The van der Waals surface area contributed by atoms with E-state index in [1.165, 1.54) is 11.1 Å². The maximum Gasteiger partial charge on any atom is 0.257 e. The van der Waals surface area contributed by atoms with E-state index in [-0.39, 0.29) is 18.6 Å². The highest BCUT2D eigenvalue weighted by molar-refractivity contribution is 5.77. The standard InChI is InChI=1S/C21H27NO3/c1-16(2)25-20-12-8-18(9-13-20)5-4-14-22-21(23)15-24-19-10-6-17(3)7-11-19/h6-13,16H,4-5,14-15H2,1-3H3,(H,22,23). The highest BCUT2D eigenvalue weighted by Crippen LogP contribution is 2.14. The van der Waals surface area contributed by atoms with Crippen molar-refractivity contribution in [2.45, 2.75) is 39.7 Å². The van der Waals surface area contributed by atoms with Gasteiger partial charge in [-0.1, -0.05) is 29.8 Å². The Balaban J connectivity index is 1.61. The van der Waals surface area contributed by atoms with Gasteiger partial charge in [-0.2, -0.15) is 0 Å². The zero-order valence-electron chi connectivity index (χ0n) is 15.2. The van der Waals surface area contributed by atoms with Crippen molar-refractivity contribution < 1.29 is 14.3 Å². The smallest absolute Gasteiger partial charge is 0.257 e. The molecule has 0 bridgehead atoms. The molecule has 2 rings (SSSR count). The van der Waals surface area contributed by atoms with Crippen LogP contribution in [0.1, 0.15) is 31.4 Å². The zero-order chi connectivity index (χ0) is 18.1. The minimum absolute atomic E-state index is 0.0459. The largest absolute Gasteiger partial charge is 0.491 e. The average molecular weight is 341 g/mol. The van der Waals surface area contributed by atoms with Crippen LogP contribution in [0.15, 0.2) is 48.5 Å². The van der Waals surface area contributed by atoms with E-state index in [9.17, 15) is 4.79 Å². The molecule has 0 saturated carbocycles. The van der Waals surface area contributed by atoms with Gasteiger partial charge in [-0.05, 0) is 63.4 Å². The molecule has 0 radical (unpaired) electrons. The summed E-state index contributed by atoms with van der Waals surface area (Å²) in [7, 11) is 0. The van der Waals surface area contributed by atoms with E-state index in [2.05, 4.69) is 17.4 Å². The van der Waals surface area contributed by atoms with Crippen LogP contribution in [0.3, 0.4) is 0 Å². The van der Waals surface area contributed by atoms with Gasteiger partial charge in [0, 0.05) is 6.54 Å². The molecule has 25 heavy (non-hydrogen) atoms. The lowest BCUT2D eigenvalue weighted by atomic mass is 10.1. The maximum atomic E-state index is 11.8. The minimum Gasteiger partial charge on any atom is -0.491 e. The third-order valence-corrected chi connectivity index (χ3v) is 3.65. The Bertz CT molecular complexity index is 648. The van der Waals surface area contributed by atoms with Crippen molar-refractivity contribution in [3.05, 3.63) is 59.7 Å². The maximum absolute atomic E-state index is 11.8. The molecule has 0 aliphatic carbocycles. The SMILES string of the molecule is Cc1ccc(OCC(=O)NCCCc2ccc(OC(C)C)cc2)cc1. The monoisotopic (exact) mass is 341 g/mol. The Morgan fingerprint density at radius 1 is 1.00 bits per heavy atom. The lowest BCUT2D eigenvalue weighted by Gasteiger charge is -2.10. The van der Waals surface area contributed by atoms with Gasteiger partial charge in [0.05, 0.1) is 6.10 Å². The first-order valence-corrected chi connectivity index (χ1v) is 8.74. The Kier molecular flexibility index (Phi) is 7.33. The van der Waals surface area contributed by atoms with Crippen molar-refractivity contribution in [3.63, 3.8) is 0 Å². The van der Waals surface area contributed by atoms with Gasteiger partial charge in [-0.3, -0.25) is 4.79 Å². The van der Waals surface area contributed by atoms with Crippen molar-refractivity contribution in [3.8, 4) is 11.5 Å². The molecule has 1 amide bonds. The molecule has 4 heteroatoms. The lowest BCUT2D eigenvalue weighted by molar-refractivity contribution is -0.123. The summed E-state index contributed by atoms with van der Waals surface area (Å²) in [6.45, 7) is 6.73. The second kappa shape index (κ2) is 9.72. The Labute approximate surface area is 150 Å². The number of rotatable bonds is 9. The van der Waals surface area contributed by atoms with Gasteiger partial charge in [-0.25, -0.2) is 0 Å². The third kappa shape index (κ3) is 7.29. The second-order valence-electron chi connectivity index (χ2n) is 6.37. The molecule has 0 saturated heterocycles. The van der Waals surface area contributed by atoms with Crippen LogP contribution in [0.4, 0.5) is 0 Å². The summed E-state index contributed by atoms with van der Waals surface area (Å²) in [5.74, 6) is 1.51. The van der Waals surface area contributed by atoms with Gasteiger partial charge in [-0.15, -0.1) is 0 Å². The van der Waals surface area contributed by atoms with Crippen LogP contribution >= 0.6 is 0 Å². The molecule has 0 aromatic heterocycles. The second-order valence-corrected chi connectivity index (χ2v) is 6.37. The van der Waals surface area contributed by atoms with Crippen LogP contribution < -0.4 is 14.8 Å². The first-order chi connectivity index (χ1) is 12.0. The zero-order valence-corrected chi connectivity index (χ0v) is 15.2. The van der Waals surface area contributed by atoms with Crippen molar-refractivity contribution in [2.75, 3.05) is 13.2 Å². The van der Waals surface area contributed by atoms with Crippen LogP contribution in [0.25, 0.3) is 0 Å². The number of nitrogens with one attached hydrogen (secondary N) is 1. The summed E-state index contributed by atoms with van der Waals surface area (Å²) in [5, 5.41) is 2.88. The Morgan fingerprint density at radius 2 is 1.64 bits per heavy atom. The molecule has 4 nitrogen and oxygen atoms in total. The lowest BCUT2D eigenvalue weighted by Crippen LogP contribution is -2.29. The van der Waals surface area contributed by atoms with Crippen LogP contribution in [-0.4, -0.2) is 25.2 Å². The fourth-order valence-corrected chi connectivity index (χ4v) is 2.36. The van der Waals surface area contributed by atoms with Crippen LogP contribution in [0, 0.1) is 6.92 Å². The molecule has 2 aromatic rings. The molecule has 0 unspecified atom stereocenters. The average Bonchev–Trinajstić information content (AvgIpc) is 2.59. The third-order valence-electron chi connectivity index (χ3n) is 3.65. The number of hydrogen-bond acceptors (Lipinski definition) is 3. The van der Waals surface area contributed by atoms with Crippen molar-refractivity contribution in [1.29, 1.82) is 0 Å². The molecule has 0 fully saturated rings. The molecular formula is C21H27NO3. The summed E-state index contributed by atoms with van der Waals surface area (Å²) >= 11 is 0. The molecule has 0 aliphatic heterocycles. The molecule has 0 atom stereocenters.